The fourth-order valence-electron chi connectivity index (χ4n) is 3.18. The van der Waals surface area contributed by atoms with Crippen molar-refractivity contribution in [3.8, 4) is 5.75 Å². The molecule has 0 radical (unpaired) electrons. The van der Waals surface area contributed by atoms with Gasteiger partial charge in [-0.05, 0) is 40.1 Å². The first-order valence-corrected chi connectivity index (χ1v) is 8.67. The normalized spacial score (nSPS) is 17.9. The van der Waals surface area contributed by atoms with Crippen molar-refractivity contribution in [2.75, 3.05) is 7.11 Å². The number of hydrogen-bond acceptors (Lipinski definition) is 4. The highest BCUT2D eigenvalue weighted by Crippen LogP contribution is 2.31. The summed E-state index contributed by atoms with van der Waals surface area (Å²) in [6, 6.07) is 11.0. The van der Waals surface area contributed by atoms with Crippen molar-refractivity contribution in [1.29, 1.82) is 0 Å². The van der Waals surface area contributed by atoms with Crippen molar-refractivity contribution >= 4 is 11.3 Å². The van der Waals surface area contributed by atoms with Crippen molar-refractivity contribution in [1.82, 2.24) is 14.5 Å². The molecule has 1 aliphatic heterocycles. The number of imidazole rings is 1. The molecule has 1 aliphatic rings. The summed E-state index contributed by atoms with van der Waals surface area (Å²) in [7, 11) is 1.70. The Hall–Kier alpha value is -2.11. The molecule has 4 rings (SSSR count). The van der Waals surface area contributed by atoms with Gasteiger partial charge in [0.25, 0.3) is 0 Å². The maximum atomic E-state index is 5.29. The fraction of sp³-hybridized carbons (Fsp3) is 0.278. The van der Waals surface area contributed by atoms with E-state index in [4.69, 9.17) is 4.74 Å². The molecule has 3 aromatic rings. The number of nitrogens with zero attached hydrogens (tertiary/aromatic N) is 3. The summed E-state index contributed by atoms with van der Waals surface area (Å²) in [6.45, 7) is 2.76. The Labute approximate surface area is 140 Å². The smallest absolute Gasteiger partial charge is 0.122 e. The molecule has 0 aliphatic carbocycles. The van der Waals surface area contributed by atoms with Crippen LogP contribution in [0.15, 0.2) is 53.5 Å². The molecule has 3 heterocycles. The first-order chi connectivity index (χ1) is 11.3. The summed E-state index contributed by atoms with van der Waals surface area (Å²) in [4.78, 5) is 7.00. The van der Waals surface area contributed by atoms with E-state index in [2.05, 4.69) is 49.6 Å². The average Bonchev–Trinajstić information content (AvgIpc) is 3.25. The van der Waals surface area contributed by atoms with Crippen LogP contribution in [0, 0.1) is 0 Å². The van der Waals surface area contributed by atoms with Crippen LogP contribution in [0.2, 0.25) is 0 Å². The second-order valence-electron chi connectivity index (χ2n) is 5.82. The molecule has 23 heavy (non-hydrogen) atoms. The van der Waals surface area contributed by atoms with Crippen LogP contribution < -0.4 is 4.74 Å². The lowest BCUT2D eigenvalue weighted by Crippen LogP contribution is -2.36. The Balaban J connectivity index is 1.65. The average molecular weight is 325 g/mol. The lowest BCUT2D eigenvalue weighted by Gasteiger charge is -2.36. The quantitative estimate of drug-likeness (QED) is 0.732. The number of thiophene rings is 1. The fourth-order valence-corrected chi connectivity index (χ4v) is 3.84. The van der Waals surface area contributed by atoms with Gasteiger partial charge in [0.1, 0.15) is 11.6 Å². The number of rotatable bonds is 4. The van der Waals surface area contributed by atoms with Crippen LogP contribution in [0.25, 0.3) is 0 Å². The van der Waals surface area contributed by atoms with Gasteiger partial charge in [0.15, 0.2) is 0 Å². The molecule has 1 unspecified atom stereocenters. The zero-order chi connectivity index (χ0) is 15.6. The highest BCUT2D eigenvalue weighted by molar-refractivity contribution is 7.07. The summed E-state index contributed by atoms with van der Waals surface area (Å²) >= 11 is 1.75. The molecule has 0 fully saturated rings. The van der Waals surface area contributed by atoms with E-state index in [0.717, 1.165) is 31.2 Å². The SMILES string of the molecule is COc1ccc(C2Cn3ccnc3CN2Cc2ccsc2)cc1. The Morgan fingerprint density at radius 3 is 2.87 bits per heavy atom. The molecule has 0 amide bonds. The molecule has 5 heteroatoms. The van der Waals surface area contributed by atoms with Gasteiger partial charge in [-0.25, -0.2) is 4.98 Å². The van der Waals surface area contributed by atoms with Gasteiger partial charge in [-0.15, -0.1) is 0 Å². The van der Waals surface area contributed by atoms with Crippen molar-refractivity contribution in [2.24, 2.45) is 0 Å². The van der Waals surface area contributed by atoms with Gasteiger partial charge in [-0.3, -0.25) is 4.90 Å². The predicted molar refractivity (Wildman–Crippen MR) is 91.5 cm³/mol. The van der Waals surface area contributed by atoms with Crippen LogP contribution in [-0.4, -0.2) is 21.6 Å². The van der Waals surface area contributed by atoms with Crippen LogP contribution in [-0.2, 0) is 19.6 Å². The molecule has 1 atom stereocenters. The number of benzene rings is 1. The third-order valence-electron chi connectivity index (χ3n) is 4.42. The van der Waals surface area contributed by atoms with Crippen LogP contribution >= 0.6 is 11.3 Å². The number of methoxy groups -OCH3 is 1. The zero-order valence-electron chi connectivity index (χ0n) is 13.1. The molecule has 0 saturated heterocycles. The minimum absolute atomic E-state index is 0.350. The van der Waals surface area contributed by atoms with E-state index in [9.17, 15) is 0 Å². The van der Waals surface area contributed by atoms with Gasteiger partial charge in [0, 0.05) is 25.5 Å². The molecule has 2 aromatic heterocycles. The van der Waals surface area contributed by atoms with Crippen LogP contribution in [0.1, 0.15) is 23.0 Å². The second kappa shape index (κ2) is 6.18. The van der Waals surface area contributed by atoms with Gasteiger partial charge < -0.3 is 9.30 Å². The topological polar surface area (TPSA) is 30.3 Å². The van der Waals surface area contributed by atoms with Gasteiger partial charge in [0.05, 0.1) is 19.7 Å². The minimum Gasteiger partial charge on any atom is -0.497 e. The molecule has 0 spiro atoms. The first kappa shape index (κ1) is 14.5. The minimum atomic E-state index is 0.350. The highest BCUT2D eigenvalue weighted by Gasteiger charge is 2.28. The maximum absolute atomic E-state index is 5.29. The Bertz CT molecular complexity index is 764. The number of ether oxygens (including phenoxy) is 1. The number of hydrogen-bond donors (Lipinski definition) is 0. The third-order valence-corrected chi connectivity index (χ3v) is 5.16. The number of aromatic nitrogens is 2. The summed E-state index contributed by atoms with van der Waals surface area (Å²) in [5.41, 5.74) is 2.69. The molecule has 1 aromatic carbocycles. The van der Waals surface area contributed by atoms with Crippen molar-refractivity contribution in [3.05, 3.63) is 70.4 Å². The first-order valence-electron chi connectivity index (χ1n) is 7.72. The largest absolute Gasteiger partial charge is 0.497 e. The summed E-state index contributed by atoms with van der Waals surface area (Å²) in [5, 5.41) is 4.37. The van der Waals surface area contributed by atoms with Gasteiger partial charge in [-0.1, -0.05) is 12.1 Å². The highest BCUT2D eigenvalue weighted by atomic mass is 32.1. The van der Waals surface area contributed by atoms with Crippen LogP contribution in [0.5, 0.6) is 5.75 Å². The molecule has 0 saturated carbocycles. The van der Waals surface area contributed by atoms with E-state index in [0.29, 0.717) is 6.04 Å². The van der Waals surface area contributed by atoms with Crippen molar-refractivity contribution in [2.45, 2.75) is 25.7 Å². The van der Waals surface area contributed by atoms with Gasteiger partial charge in [-0.2, -0.15) is 11.3 Å². The predicted octanol–water partition coefficient (Wildman–Crippen LogP) is 3.71. The molecule has 0 bridgehead atoms. The van der Waals surface area contributed by atoms with E-state index >= 15 is 0 Å². The van der Waals surface area contributed by atoms with Crippen LogP contribution in [0.3, 0.4) is 0 Å². The molecular weight excluding hydrogens is 306 g/mol. The lowest BCUT2D eigenvalue weighted by atomic mass is 10.0. The standard InChI is InChI=1S/C18H19N3OS/c1-22-16-4-2-15(3-5-16)17-11-20-8-7-19-18(20)12-21(17)10-14-6-9-23-13-14/h2-9,13,17H,10-12H2,1H3. The van der Waals surface area contributed by atoms with E-state index < -0.39 is 0 Å². The number of fused-ring (bicyclic) bond motifs is 1. The molecule has 0 N–H and O–H groups in total. The maximum Gasteiger partial charge on any atom is 0.122 e. The van der Waals surface area contributed by atoms with E-state index in [1.54, 1.807) is 18.4 Å². The molecular formula is C18H19N3OS. The van der Waals surface area contributed by atoms with E-state index in [-0.39, 0.29) is 0 Å². The Morgan fingerprint density at radius 1 is 1.26 bits per heavy atom. The third kappa shape index (κ3) is 2.90. The summed E-state index contributed by atoms with van der Waals surface area (Å²) in [6.07, 6.45) is 3.97. The Kier molecular flexibility index (Phi) is 3.89. The summed E-state index contributed by atoms with van der Waals surface area (Å²) in [5.74, 6) is 2.04. The van der Waals surface area contributed by atoms with E-state index in [1.807, 2.05) is 18.3 Å². The van der Waals surface area contributed by atoms with Crippen molar-refractivity contribution < 1.29 is 4.74 Å². The monoisotopic (exact) mass is 325 g/mol. The van der Waals surface area contributed by atoms with Crippen LogP contribution in [0.4, 0.5) is 0 Å². The van der Waals surface area contributed by atoms with Crippen molar-refractivity contribution in [3.63, 3.8) is 0 Å². The van der Waals surface area contributed by atoms with Gasteiger partial charge >= 0.3 is 0 Å². The molecule has 118 valence electrons. The molecule has 4 nitrogen and oxygen atoms in total. The second-order valence-corrected chi connectivity index (χ2v) is 6.60. The Morgan fingerprint density at radius 2 is 2.13 bits per heavy atom. The van der Waals surface area contributed by atoms with Gasteiger partial charge in [0.2, 0.25) is 0 Å². The lowest BCUT2D eigenvalue weighted by molar-refractivity contribution is 0.128. The summed E-state index contributed by atoms with van der Waals surface area (Å²) < 4.78 is 7.55. The zero-order valence-corrected chi connectivity index (χ0v) is 13.9. The van der Waals surface area contributed by atoms with E-state index in [1.165, 1.54) is 11.1 Å².